The van der Waals surface area contributed by atoms with Crippen molar-refractivity contribution in [2.75, 3.05) is 20.1 Å². The second-order valence-electron chi connectivity index (χ2n) is 7.01. The molecule has 21 heavy (non-hydrogen) atoms. The standard InChI is InChI=1S/C18H25N3/c1-13-11-16-14(12-19-13)5-6-17(20-16)18(2,3)15-7-9-21(4)10-8-15/h5-6,11-12,15H,7-10H2,1-4H3. The van der Waals surface area contributed by atoms with Gasteiger partial charge in [-0.2, -0.15) is 0 Å². The minimum Gasteiger partial charge on any atom is -0.306 e. The first-order valence-corrected chi connectivity index (χ1v) is 7.89. The number of likely N-dealkylation sites (tertiary alicyclic amines) is 1. The first-order chi connectivity index (χ1) is 9.96. The summed E-state index contributed by atoms with van der Waals surface area (Å²) >= 11 is 0. The summed E-state index contributed by atoms with van der Waals surface area (Å²) in [6, 6.07) is 6.45. The number of nitrogens with zero attached hydrogens (tertiary/aromatic N) is 3. The van der Waals surface area contributed by atoms with Crippen molar-refractivity contribution in [1.82, 2.24) is 14.9 Å². The molecule has 1 aliphatic rings. The van der Waals surface area contributed by atoms with Gasteiger partial charge in [-0.1, -0.05) is 13.8 Å². The lowest BCUT2D eigenvalue weighted by Gasteiger charge is -2.39. The van der Waals surface area contributed by atoms with Gasteiger partial charge in [0.05, 0.1) is 5.52 Å². The molecule has 0 spiro atoms. The summed E-state index contributed by atoms with van der Waals surface area (Å²) < 4.78 is 0. The van der Waals surface area contributed by atoms with E-state index in [1.54, 1.807) is 0 Å². The van der Waals surface area contributed by atoms with E-state index in [0.717, 1.165) is 16.6 Å². The van der Waals surface area contributed by atoms with Crippen molar-refractivity contribution >= 4 is 10.9 Å². The Morgan fingerprint density at radius 2 is 1.90 bits per heavy atom. The summed E-state index contributed by atoms with van der Waals surface area (Å²) in [7, 11) is 2.22. The van der Waals surface area contributed by atoms with E-state index in [2.05, 4.69) is 49.0 Å². The lowest BCUT2D eigenvalue weighted by Crippen LogP contribution is -2.39. The fourth-order valence-electron chi connectivity index (χ4n) is 3.42. The third-order valence-corrected chi connectivity index (χ3v) is 5.11. The van der Waals surface area contributed by atoms with Gasteiger partial charge in [0.25, 0.3) is 0 Å². The van der Waals surface area contributed by atoms with E-state index >= 15 is 0 Å². The monoisotopic (exact) mass is 283 g/mol. The Morgan fingerprint density at radius 1 is 1.19 bits per heavy atom. The molecule has 0 aliphatic carbocycles. The zero-order chi connectivity index (χ0) is 15.0. The molecule has 0 unspecified atom stereocenters. The molecule has 1 fully saturated rings. The van der Waals surface area contributed by atoms with E-state index in [-0.39, 0.29) is 5.41 Å². The van der Waals surface area contributed by atoms with Crippen LogP contribution in [0.4, 0.5) is 0 Å². The predicted octanol–water partition coefficient (Wildman–Crippen LogP) is 3.56. The first-order valence-electron chi connectivity index (χ1n) is 7.89. The van der Waals surface area contributed by atoms with Crippen molar-refractivity contribution < 1.29 is 0 Å². The van der Waals surface area contributed by atoms with Gasteiger partial charge in [0.1, 0.15) is 0 Å². The minimum atomic E-state index is 0.132. The van der Waals surface area contributed by atoms with Crippen LogP contribution in [0, 0.1) is 12.8 Å². The topological polar surface area (TPSA) is 29.0 Å². The Morgan fingerprint density at radius 3 is 2.62 bits per heavy atom. The van der Waals surface area contributed by atoms with Crippen LogP contribution < -0.4 is 0 Å². The Balaban J connectivity index is 1.94. The second-order valence-corrected chi connectivity index (χ2v) is 7.01. The summed E-state index contributed by atoms with van der Waals surface area (Å²) in [5.41, 5.74) is 3.45. The van der Waals surface area contributed by atoms with Crippen molar-refractivity contribution in [3.05, 3.63) is 35.8 Å². The van der Waals surface area contributed by atoms with Crippen LogP contribution in [-0.4, -0.2) is 35.0 Å². The number of aryl methyl sites for hydroxylation is 1. The van der Waals surface area contributed by atoms with Gasteiger partial charge < -0.3 is 4.90 Å². The van der Waals surface area contributed by atoms with Gasteiger partial charge in [0.15, 0.2) is 0 Å². The molecule has 0 amide bonds. The van der Waals surface area contributed by atoms with Crippen molar-refractivity contribution in [3.8, 4) is 0 Å². The highest BCUT2D eigenvalue weighted by Crippen LogP contribution is 2.37. The molecule has 0 atom stereocenters. The maximum atomic E-state index is 4.95. The molecule has 1 saturated heterocycles. The Hall–Kier alpha value is -1.48. The second kappa shape index (κ2) is 5.38. The number of pyridine rings is 2. The van der Waals surface area contributed by atoms with E-state index < -0.39 is 0 Å². The summed E-state index contributed by atoms with van der Waals surface area (Å²) in [6.07, 6.45) is 4.45. The van der Waals surface area contributed by atoms with Crippen LogP contribution in [0.1, 0.15) is 38.1 Å². The lowest BCUT2D eigenvalue weighted by molar-refractivity contribution is 0.161. The highest BCUT2D eigenvalue weighted by molar-refractivity contribution is 5.78. The molecule has 0 aromatic carbocycles. The van der Waals surface area contributed by atoms with Crippen LogP contribution in [0.2, 0.25) is 0 Å². The maximum Gasteiger partial charge on any atom is 0.0739 e. The number of piperidine rings is 1. The summed E-state index contributed by atoms with van der Waals surface area (Å²) in [5, 5.41) is 1.13. The minimum absolute atomic E-state index is 0.132. The van der Waals surface area contributed by atoms with Crippen molar-refractivity contribution in [3.63, 3.8) is 0 Å². The number of fused-ring (bicyclic) bond motifs is 1. The molecule has 112 valence electrons. The van der Waals surface area contributed by atoms with Crippen molar-refractivity contribution in [2.24, 2.45) is 5.92 Å². The highest BCUT2D eigenvalue weighted by atomic mass is 15.1. The Bertz CT molecular complexity index is 640. The molecule has 3 rings (SSSR count). The molecule has 3 heterocycles. The fraction of sp³-hybridized carbons (Fsp3) is 0.556. The SMILES string of the molecule is Cc1cc2nc(C(C)(C)C3CCN(C)CC3)ccc2cn1. The van der Waals surface area contributed by atoms with E-state index in [1.807, 2.05) is 13.1 Å². The molecule has 0 bridgehead atoms. The van der Waals surface area contributed by atoms with Gasteiger partial charge in [0.2, 0.25) is 0 Å². The first kappa shape index (κ1) is 14.5. The summed E-state index contributed by atoms with van der Waals surface area (Å²) in [4.78, 5) is 11.7. The number of hydrogen-bond donors (Lipinski definition) is 0. The van der Waals surface area contributed by atoms with Gasteiger partial charge >= 0.3 is 0 Å². The zero-order valence-corrected chi connectivity index (χ0v) is 13.6. The average molecular weight is 283 g/mol. The smallest absolute Gasteiger partial charge is 0.0739 e. The maximum absolute atomic E-state index is 4.95. The van der Waals surface area contributed by atoms with Crippen molar-refractivity contribution in [1.29, 1.82) is 0 Å². The number of aromatic nitrogens is 2. The largest absolute Gasteiger partial charge is 0.306 e. The van der Waals surface area contributed by atoms with Gasteiger partial charge in [0, 0.05) is 28.4 Å². The molecular weight excluding hydrogens is 258 g/mol. The summed E-state index contributed by atoms with van der Waals surface area (Å²) in [6.45, 7) is 9.13. The van der Waals surface area contributed by atoms with Gasteiger partial charge in [-0.05, 0) is 64.0 Å². The van der Waals surface area contributed by atoms with E-state index in [4.69, 9.17) is 4.98 Å². The zero-order valence-electron chi connectivity index (χ0n) is 13.6. The quantitative estimate of drug-likeness (QED) is 0.844. The molecule has 3 nitrogen and oxygen atoms in total. The Labute approximate surface area is 127 Å². The highest BCUT2D eigenvalue weighted by Gasteiger charge is 2.34. The van der Waals surface area contributed by atoms with Crippen LogP contribution >= 0.6 is 0 Å². The normalized spacial score (nSPS) is 18.3. The molecule has 0 N–H and O–H groups in total. The predicted molar refractivity (Wildman–Crippen MR) is 87.5 cm³/mol. The average Bonchev–Trinajstić information content (AvgIpc) is 2.47. The van der Waals surface area contributed by atoms with Crippen LogP contribution in [0.15, 0.2) is 24.4 Å². The number of hydrogen-bond acceptors (Lipinski definition) is 3. The molecule has 0 radical (unpaired) electrons. The van der Waals surface area contributed by atoms with E-state index in [1.165, 1.54) is 31.6 Å². The van der Waals surface area contributed by atoms with Crippen LogP contribution in [0.5, 0.6) is 0 Å². The number of rotatable bonds is 2. The van der Waals surface area contributed by atoms with Gasteiger partial charge in [-0.25, -0.2) is 0 Å². The third kappa shape index (κ3) is 2.80. The van der Waals surface area contributed by atoms with Crippen LogP contribution in [0.3, 0.4) is 0 Å². The van der Waals surface area contributed by atoms with Gasteiger partial charge in [-0.3, -0.25) is 9.97 Å². The lowest BCUT2D eigenvalue weighted by atomic mass is 9.71. The van der Waals surface area contributed by atoms with Crippen LogP contribution in [-0.2, 0) is 5.41 Å². The van der Waals surface area contributed by atoms with E-state index in [9.17, 15) is 0 Å². The van der Waals surface area contributed by atoms with Gasteiger partial charge in [-0.15, -0.1) is 0 Å². The molecule has 0 saturated carbocycles. The molecule has 1 aliphatic heterocycles. The van der Waals surface area contributed by atoms with Crippen LogP contribution in [0.25, 0.3) is 10.9 Å². The van der Waals surface area contributed by atoms with E-state index in [0.29, 0.717) is 5.92 Å². The summed E-state index contributed by atoms with van der Waals surface area (Å²) in [5.74, 6) is 0.710. The fourth-order valence-corrected chi connectivity index (χ4v) is 3.42. The molecule has 2 aromatic heterocycles. The molecular formula is C18H25N3. The molecule has 2 aromatic rings. The molecule has 3 heteroatoms. The van der Waals surface area contributed by atoms with Crippen molar-refractivity contribution in [2.45, 2.75) is 39.0 Å². The Kier molecular flexibility index (Phi) is 3.70. The third-order valence-electron chi connectivity index (χ3n) is 5.11.